The third-order valence-electron chi connectivity index (χ3n) is 4.20. The molecule has 20 heavy (non-hydrogen) atoms. The molecule has 0 spiro atoms. The van der Waals surface area contributed by atoms with E-state index in [0.29, 0.717) is 12.0 Å². The van der Waals surface area contributed by atoms with Crippen molar-refractivity contribution in [3.05, 3.63) is 65.2 Å². The Morgan fingerprint density at radius 1 is 1.20 bits per heavy atom. The molecular formula is C17H19FN2. The summed E-state index contributed by atoms with van der Waals surface area (Å²) in [5.74, 6) is 0.419. The topological polar surface area (TPSA) is 24.9 Å². The number of halogens is 1. The molecule has 1 aromatic carbocycles. The second kappa shape index (κ2) is 5.71. The number of nitrogens with zero attached hydrogens (tertiary/aromatic N) is 1. The van der Waals surface area contributed by atoms with Crippen LogP contribution in [-0.4, -0.2) is 11.0 Å². The molecule has 0 unspecified atom stereocenters. The van der Waals surface area contributed by atoms with E-state index in [9.17, 15) is 4.39 Å². The average molecular weight is 270 g/mol. The van der Waals surface area contributed by atoms with Crippen molar-refractivity contribution in [2.45, 2.75) is 38.3 Å². The molecule has 0 amide bonds. The molecule has 1 fully saturated rings. The summed E-state index contributed by atoms with van der Waals surface area (Å²) in [7, 11) is 0. The Morgan fingerprint density at radius 2 is 1.95 bits per heavy atom. The van der Waals surface area contributed by atoms with Crippen LogP contribution < -0.4 is 5.32 Å². The number of hydrogen-bond acceptors (Lipinski definition) is 2. The number of nitrogens with one attached hydrogen (secondary N) is 1. The van der Waals surface area contributed by atoms with Gasteiger partial charge in [0.15, 0.2) is 0 Å². The molecule has 3 heteroatoms. The van der Waals surface area contributed by atoms with Gasteiger partial charge in [-0.05, 0) is 60.6 Å². The van der Waals surface area contributed by atoms with Crippen LogP contribution in [0.1, 0.15) is 35.4 Å². The molecular weight excluding hydrogens is 251 g/mol. The van der Waals surface area contributed by atoms with Gasteiger partial charge >= 0.3 is 0 Å². The zero-order valence-corrected chi connectivity index (χ0v) is 11.6. The highest BCUT2D eigenvalue weighted by Gasteiger charge is 2.29. The Hall–Kier alpha value is -1.74. The Kier molecular flexibility index (Phi) is 3.79. The van der Waals surface area contributed by atoms with Crippen molar-refractivity contribution in [2.75, 3.05) is 0 Å². The van der Waals surface area contributed by atoms with Crippen molar-refractivity contribution in [1.29, 1.82) is 0 Å². The average Bonchev–Trinajstić information content (AvgIpc) is 2.41. The van der Waals surface area contributed by atoms with Gasteiger partial charge in [-0.2, -0.15) is 0 Å². The minimum absolute atomic E-state index is 0.157. The number of aryl methyl sites for hydroxylation is 1. The van der Waals surface area contributed by atoms with E-state index >= 15 is 0 Å². The summed E-state index contributed by atoms with van der Waals surface area (Å²) >= 11 is 0. The Labute approximate surface area is 119 Å². The van der Waals surface area contributed by atoms with E-state index in [-0.39, 0.29) is 5.82 Å². The lowest BCUT2D eigenvalue weighted by Crippen LogP contribution is -2.39. The van der Waals surface area contributed by atoms with E-state index in [2.05, 4.69) is 23.3 Å². The molecule has 104 valence electrons. The van der Waals surface area contributed by atoms with Gasteiger partial charge in [-0.25, -0.2) is 4.39 Å². The fourth-order valence-electron chi connectivity index (χ4n) is 2.75. The van der Waals surface area contributed by atoms with Crippen molar-refractivity contribution in [3.8, 4) is 0 Å². The fraction of sp³-hybridized carbons (Fsp3) is 0.353. The van der Waals surface area contributed by atoms with Crippen molar-refractivity contribution in [3.63, 3.8) is 0 Å². The Balaban J connectivity index is 1.49. The van der Waals surface area contributed by atoms with Gasteiger partial charge in [-0.1, -0.05) is 12.1 Å². The summed E-state index contributed by atoms with van der Waals surface area (Å²) in [4.78, 5) is 4.11. The monoisotopic (exact) mass is 270 g/mol. The number of pyridine rings is 1. The maximum absolute atomic E-state index is 12.9. The van der Waals surface area contributed by atoms with Crippen LogP contribution in [0.25, 0.3) is 0 Å². The van der Waals surface area contributed by atoms with E-state index < -0.39 is 0 Å². The highest BCUT2D eigenvalue weighted by atomic mass is 19.1. The largest absolute Gasteiger partial charge is 0.310 e. The van der Waals surface area contributed by atoms with Crippen LogP contribution in [0, 0.1) is 12.7 Å². The molecule has 2 nitrogen and oxygen atoms in total. The number of benzene rings is 1. The lowest BCUT2D eigenvalue weighted by molar-refractivity contribution is 0.289. The molecule has 0 atom stereocenters. The van der Waals surface area contributed by atoms with E-state index in [1.165, 1.54) is 16.7 Å². The third-order valence-corrected chi connectivity index (χ3v) is 4.20. The van der Waals surface area contributed by atoms with Crippen molar-refractivity contribution >= 4 is 0 Å². The molecule has 1 aliphatic carbocycles. The van der Waals surface area contributed by atoms with Crippen LogP contribution in [0.5, 0.6) is 0 Å². The lowest BCUT2D eigenvalue weighted by atomic mass is 9.76. The first-order valence-electron chi connectivity index (χ1n) is 7.10. The summed E-state index contributed by atoms with van der Waals surface area (Å²) in [5, 5.41) is 3.59. The predicted molar refractivity (Wildman–Crippen MR) is 78.0 cm³/mol. The molecule has 1 N–H and O–H groups in total. The Bertz CT molecular complexity index is 574. The van der Waals surface area contributed by atoms with Gasteiger partial charge in [0.05, 0.1) is 0 Å². The predicted octanol–water partition coefficient (Wildman–Crippen LogP) is 3.56. The highest BCUT2D eigenvalue weighted by Crippen LogP contribution is 2.36. The summed E-state index contributed by atoms with van der Waals surface area (Å²) in [6.45, 7) is 2.99. The second-order valence-corrected chi connectivity index (χ2v) is 5.60. The molecule has 1 saturated carbocycles. The molecule has 2 aromatic rings. The van der Waals surface area contributed by atoms with Gasteiger partial charge in [0.1, 0.15) is 5.82 Å². The van der Waals surface area contributed by atoms with Crippen molar-refractivity contribution < 1.29 is 4.39 Å². The van der Waals surface area contributed by atoms with Crippen LogP contribution in [0.3, 0.4) is 0 Å². The molecule has 0 radical (unpaired) electrons. The highest BCUT2D eigenvalue weighted by molar-refractivity contribution is 5.24. The Morgan fingerprint density at radius 3 is 2.65 bits per heavy atom. The SMILES string of the molecule is Cc1cnccc1CNC1CC(c2ccc(F)cc2)C1. The van der Waals surface area contributed by atoms with E-state index in [4.69, 9.17) is 0 Å². The second-order valence-electron chi connectivity index (χ2n) is 5.60. The van der Waals surface area contributed by atoms with E-state index in [1.54, 1.807) is 12.1 Å². The minimum atomic E-state index is -0.157. The van der Waals surface area contributed by atoms with Gasteiger partial charge in [-0.15, -0.1) is 0 Å². The molecule has 0 aliphatic heterocycles. The standard InChI is InChI=1S/C17H19FN2/c1-12-10-19-7-6-14(12)11-20-17-8-15(9-17)13-2-4-16(18)5-3-13/h2-7,10,15,17,20H,8-9,11H2,1H3. The van der Waals surface area contributed by atoms with Crippen molar-refractivity contribution in [1.82, 2.24) is 10.3 Å². The van der Waals surface area contributed by atoms with Crippen molar-refractivity contribution in [2.24, 2.45) is 0 Å². The fourth-order valence-corrected chi connectivity index (χ4v) is 2.75. The molecule has 0 saturated heterocycles. The molecule has 3 rings (SSSR count). The third kappa shape index (κ3) is 2.88. The number of aromatic nitrogens is 1. The zero-order chi connectivity index (χ0) is 13.9. The molecule has 0 bridgehead atoms. The van der Waals surface area contributed by atoms with Crippen LogP contribution in [0.4, 0.5) is 4.39 Å². The van der Waals surface area contributed by atoms with Gasteiger partial charge in [0, 0.05) is 25.0 Å². The van der Waals surface area contributed by atoms with Gasteiger partial charge < -0.3 is 5.32 Å². The molecule has 1 aromatic heterocycles. The summed E-state index contributed by atoms with van der Waals surface area (Å²) < 4.78 is 12.9. The number of hydrogen-bond donors (Lipinski definition) is 1. The summed E-state index contributed by atoms with van der Waals surface area (Å²) in [5.41, 5.74) is 3.80. The minimum Gasteiger partial charge on any atom is -0.310 e. The lowest BCUT2D eigenvalue weighted by Gasteiger charge is -2.36. The van der Waals surface area contributed by atoms with E-state index in [1.807, 2.05) is 24.5 Å². The smallest absolute Gasteiger partial charge is 0.123 e. The maximum Gasteiger partial charge on any atom is 0.123 e. The quantitative estimate of drug-likeness (QED) is 0.918. The van der Waals surface area contributed by atoms with Gasteiger partial charge in [-0.3, -0.25) is 4.98 Å². The normalized spacial score (nSPS) is 21.5. The zero-order valence-electron chi connectivity index (χ0n) is 11.6. The van der Waals surface area contributed by atoms with E-state index in [0.717, 1.165) is 19.4 Å². The molecule has 1 heterocycles. The van der Waals surface area contributed by atoms with Crippen LogP contribution in [0.2, 0.25) is 0 Å². The van der Waals surface area contributed by atoms with Crippen LogP contribution in [0.15, 0.2) is 42.7 Å². The summed E-state index contributed by atoms with van der Waals surface area (Å²) in [6, 6.07) is 9.55. The summed E-state index contributed by atoms with van der Waals surface area (Å²) in [6.07, 6.45) is 6.01. The van der Waals surface area contributed by atoms with Crippen LogP contribution >= 0.6 is 0 Å². The van der Waals surface area contributed by atoms with Gasteiger partial charge in [0.2, 0.25) is 0 Å². The van der Waals surface area contributed by atoms with Gasteiger partial charge in [0.25, 0.3) is 0 Å². The maximum atomic E-state index is 12.9. The van der Waals surface area contributed by atoms with Crippen LogP contribution in [-0.2, 0) is 6.54 Å². The first kappa shape index (κ1) is 13.3. The molecule has 1 aliphatic rings. The first-order chi connectivity index (χ1) is 9.72. The number of rotatable bonds is 4. The first-order valence-corrected chi connectivity index (χ1v) is 7.10.